The zero-order chi connectivity index (χ0) is 21.6. The molecule has 1 saturated heterocycles. The number of ether oxygens (including phenoxy) is 1. The molecule has 5 heteroatoms. The quantitative estimate of drug-likeness (QED) is 0.412. The Morgan fingerprint density at radius 2 is 1.71 bits per heavy atom. The Balaban J connectivity index is 1.34. The molecule has 2 aliphatic rings. The van der Waals surface area contributed by atoms with Gasteiger partial charge in [-0.05, 0) is 94.4 Å². The summed E-state index contributed by atoms with van der Waals surface area (Å²) >= 11 is 6.37. The monoisotopic (exact) mass is 440 g/mol. The molecule has 0 aliphatic carbocycles. The van der Waals surface area contributed by atoms with Crippen LogP contribution in [-0.4, -0.2) is 43.7 Å². The summed E-state index contributed by atoms with van der Waals surface area (Å²) in [6, 6.07) is 15.1. The average Bonchev–Trinajstić information content (AvgIpc) is 2.94. The van der Waals surface area contributed by atoms with Gasteiger partial charge < -0.3 is 14.5 Å². The van der Waals surface area contributed by atoms with Gasteiger partial charge in [0.1, 0.15) is 0 Å². The van der Waals surface area contributed by atoms with Gasteiger partial charge in [0, 0.05) is 22.9 Å². The molecule has 4 rings (SSSR count). The van der Waals surface area contributed by atoms with E-state index >= 15 is 0 Å². The van der Waals surface area contributed by atoms with Gasteiger partial charge in [0.2, 0.25) is 0 Å². The Labute approximate surface area is 191 Å². The number of hydrogen-bond acceptors (Lipinski definition) is 4. The third-order valence-corrected chi connectivity index (χ3v) is 6.83. The number of fused-ring (bicyclic) bond motifs is 2. The smallest absolute Gasteiger partial charge is 0.309 e. The Kier molecular flexibility index (Phi) is 7.52. The van der Waals surface area contributed by atoms with Crippen LogP contribution in [0, 0.1) is 5.92 Å². The van der Waals surface area contributed by atoms with E-state index in [0.717, 1.165) is 69.7 Å². The van der Waals surface area contributed by atoms with E-state index in [4.69, 9.17) is 16.3 Å². The molecule has 2 heterocycles. The SMILES string of the molecule is CCOC(=O)C1CCN(CCCCN2c3ccccc3CCc3ccc(Cl)cc32)CC1. The van der Waals surface area contributed by atoms with Gasteiger partial charge in [0.05, 0.1) is 12.5 Å². The highest BCUT2D eigenvalue weighted by Crippen LogP contribution is 2.37. The molecule has 31 heavy (non-hydrogen) atoms. The summed E-state index contributed by atoms with van der Waals surface area (Å²) in [5.74, 6) is 0.0744. The number of para-hydroxylation sites is 1. The van der Waals surface area contributed by atoms with Gasteiger partial charge in [0.25, 0.3) is 0 Å². The molecule has 2 aromatic rings. The van der Waals surface area contributed by atoms with E-state index in [1.165, 1.54) is 22.5 Å². The van der Waals surface area contributed by atoms with Crippen LogP contribution in [0.25, 0.3) is 0 Å². The van der Waals surface area contributed by atoms with E-state index in [0.29, 0.717) is 6.61 Å². The van der Waals surface area contributed by atoms with Gasteiger partial charge >= 0.3 is 5.97 Å². The number of anilines is 2. The first-order valence-electron chi connectivity index (χ1n) is 11.7. The Morgan fingerprint density at radius 3 is 2.48 bits per heavy atom. The summed E-state index contributed by atoms with van der Waals surface area (Å²) in [5.41, 5.74) is 5.36. The zero-order valence-electron chi connectivity index (χ0n) is 18.5. The fourth-order valence-electron chi connectivity index (χ4n) is 4.88. The number of likely N-dealkylation sites (tertiary alicyclic amines) is 1. The van der Waals surface area contributed by atoms with Crippen molar-refractivity contribution in [3.8, 4) is 0 Å². The van der Waals surface area contributed by atoms with Crippen molar-refractivity contribution in [2.75, 3.05) is 37.7 Å². The maximum atomic E-state index is 11.9. The second-order valence-corrected chi connectivity index (χ2v) is 9.06. The van der Waals surface area contributed by atoms with Crippen LogP contribution in [0.15, 0.2) is 42.5 Å². The first-order valence-corrected chi connectivity index (χ1v) is 12.1. The zero-order valence-corrected chi connectivity index (χ0v) is 19.2. The number of esters is 1. The number of aryl methyl sites for hydroxylation is 2. The largest absolute Gasteiger partial charge is 0.466 e. The number of rotatable bonds is 7. The number of unbranched alkanes of at least 4 members (excludes halogenated alkanes) is 1. The molecule has 0 unspecified atom stereocenters. The first-order chi connectivity index (χ1) is 15.2. The van der Waals surface area contributed by atoms with E-state index in [-0.39, 0.29) is 11.9 Å². The third kappa shape index (κ3) is 5.42. The highest BCUT2D eigenvalue weighted by Gasteiger charge is 2.26. The van der Waals surface area contributed by atoms with E-state index in [1.54, 1.807) is 0 Å². The van der Waals surface area contributed by atoms with Crippen LogP contribution in [0.3, 0.4) is 0 Å². The molecule has 0 N–H and O–H groups in total. The molecule has 1 fully saturated rings. The molecule has 0 spiro atoms. The third-order valence-electron chi connectivity index (χ3n) is 6.60. The second kappa shape index (κ2) is 10.5. The molecule has 2 aromatic carbocycles. The molecular weight excluding hydrogens is 408 g/mol. The summed E-state index contributed by atoms with van der Waals surface area (Å²) in [4.78, 5) is 16.9. The first kappa shape index (κ1) is 22.2. The molecule has 0 radical (unpaired) electrons. The lowest BCUT2D eigenvalue weighted by molar-refractivity contribution is -0.149. The van der Waals surface area contributed by atoms with E-state index in [2.05, 4.69) is 46.2 Å². The summed E-state index contributed by atoms with van der Waals surface area (Å²) in [6.45, 7) is 6.43. The van der Waals surface area contributed by atoms with Crippen LogP contribution >= 0.6 is 11.6 Å². The Morgan fingerprint density at radius 1 is 1.00 bits per heavy atom. The molecule has 4 nitrogen and oxygen atoms in total. The fraction of sp³-hybridized carbons (Fsp3) is 0.500. The molecule has 0 bridgehead atoms. The molecule has 0 saturated carbocycles. The normalized spacial score (nSPS) is 17.0. The summed E-state index contributed by atoms with van der Waals surface area (Å²) in [5, 5.41) is 0.799. The average molecular weight is 441 g/mol. The fourth-order valence-corrected chi connectivity index (χ4v) is 5.05. The molecule has 0 aromatic heterocycles. The van der Waals surface area contributed by atoms with Crippen LogP contribution in [-0.2, 0) is 22.4 Å². The van der Waals surface area contributed by atoms with Crippen LogP contribution in [0.5, 0.6) is 0 Å². The number of piperidine rings is 1. The van der Waals surface area contributed by atoms with Crippen molar-refractivity contribution in [2.24, 2.45) is 5.92 Å². The van der Waals surface area contributed by atoms with Gasteiger partial charge in [-0.1, -0.05) is 35.9 Å². The summed E-state index contributed by atoms with van der Waals surface area (Å²) in [7, 11) is 0. The highest BCUT2D eigenvalue weighted by molar-refractivity contribution is 6.30. The van der Waals surface area contributed by atoms with Crippen molar-refractivity contribution in [2.45, 2.75) is 45.4 Å². The Hall–Kier alpha value is -2.04. The van der Waals surface area contributed by atoms with E-state index < -0.39 is 0 Å². The standard InChI is InChI=1S/C26H33ClN2O2/c1-2-31-26(30)22-13-17-28(18-14-22)15-5-6-16-29-24-8-4-3-7-20(24)9-10-21-11-12-23(27)19-25(21)29/h3-4,7-8,11-12,19,22H,2,5-6,9-10,13-18H2,1H3. The lowest BCUT2D eigenvalue weighted by atomic mass is 9.97. The number of carbonyl (C=O) groups is 1. The van der Waals surface area contributed by atoms with Crippen molar-refractivity contribution >= 4 is 28.9 Å². The summed E-state index contributed by atoms with van der Waals surface area (Å²) < 4.78 is 5.19. The lowest BCUT2D eigenvalue weighted by Crippen LogP contribution is -2.37. The number of carbonyl (C=O) groups excluding carboxylic acids is 1. The number of benzene rings is 2. The summed E-state index contributed by atoms with van der Waals surface area (Å²) in [6.07, 6.45) is 6.23. The van der Waals surface area contributed by atoms with Crippen LogP contribution in [0.4, 0.5) is 11.4 Å². The predicted octanol–water partition coefficient (Wildman–Crippen LogP) is 5.63. The molecule has 0 amide bonds. The Bertz CT molecular complexity index is 893. The van der Waals surface area contributed by atoms with Gasteiger partial charge in [0.15, 0.2) is 0 Å². The number of hydrogen-bond donors (Lipinski definition) is 0. The van der Waals surface area contributed by atoms with Crippen LogP contribution in [0.2, 0.25) is 5.02 Å². The predicted molar refractivity (Wildman–Crippen MR) is 127 cm³/mol. The molecular formula is C26H33ClN2O2. The maximum absolute atomic E-state index is 11.9. The minimum absolute atomic E-state index is 0.0145. The number of nitrogens with zero attached hydrogens (tertiary/aromatic N) is 2. The van der Waals surface area contributed by atoms with Gasteiger partial charge in [-0.3, -0.25) is 4.79 Å². The number of halogens is 1. The highest BCUT2D eigenvalue weighted by atomic mass is 35.5. The van der Waals surface area contributed by atoms with Gasteiger partial charge in [-0.15, -0.1) is 0 Å². The van der Waals surface area contributed by atoms with Crippen molar-refractivity contribution in [3.63, 3.8) is 0 Å². The molecule has 166 valence electrons. The van der Waals surface area contributed by atoms with E-state index in [9.17, 15) is 4.79 Å². The van der Waals surface area contributed by atoms with Crippen molar-refractivity contribution in [1.82, 2.24) is 4.90 Å². The molecule has 2 aliphatic heterocycles. The minimum atomic E-state index is -0.0145. The van der Waals surface area contributed by atoms with Crippen molar-refractivity contribution in [1.29, 1.82) is 0 Å². The minimum Gasteiger partial charge on any atom is -0.466 e. The molecule has 0 atom stereocenters. The maximum Gasteiger partial charge on any atom is 0.309 e. The topological polar surface area (TPSA) is 32.8 Å². The lowest BCUT2D eigenvalue weighted by Gasteiger charge is -2.31. The van der Waals surface area contributed by atoms with Crippen LogP contribution < -0.4 is 4.90 Å². The van der Waals surface area contributed by atoms with Crippen LogP contribution in [0.1, 0.15) is 43.7 Å². The van der Waals surface area contributed by atoms with E-state index in [1.807, 2.05) is 13.0 Å². The van der Waals surface area contributed by atoms with Gasteiger partial charge in [-0.2, -0.15) is 0 Å². The van der Waals surface area contributed by atoms with Crippen molar-refractivity contribution < 1.29 is 9.53 Å². The second-order valence-electron chi connectivity index (χ2n) is 8.63. The van der Waals surface area contributed by atoms with Crippen molar-refractivity contribution in [3.05, 3.63) is 58.6 Å². The van der Waals surface area contributed by atoms with Gasteiger partial charge in [-0.25, -0.2) is 0 Å².